The molecule has 0 amide bonds. The number of nitrogens with one attached hydrogen (secondary N) is 1. The van der Waals surface area contributed by atoms with Gasteiger partial charge in [0.1, 0.15) is 18.2 Å². The van der Waals surface area contributed by atoms with Crippen molar-refractivity contribution in [2.24, 2.45) is 10.9 Å². The predicted molar refractivity (Wildman–Crippen MR) is 144 cm³/mol. The van der Waals surface area contributed by atoms with E-state index in [2.05, 4.69) is 10.3 Å². The highest BCUT2D eigenvalue weighted by molar-refractivity contribution is 5.75. The molecule has 0 spiro atoms. The Bertz CT molecular complexity index is 1170. The molecular weight excluding hydrogens is 502 g/mol. The third-order valence-corrected chi connectivity index (χ3v) is 6.99. The van der Waals surface area contributed by atoms with Crippen LogP contribution in [0.1, 0.15) is 23.1 Å². The number of fused-ring (bicyclic) bond motifs is 1. The highest BCUT2D eigenvalue weighted by Gasteiger charge is 2.50. The molecule has 1 saturated carbocycles. The zero-order valence-electron chi connectivity index (χ0n) is 21.7. The van der Waals surface area contributed by atoms with Gasteiger partial charge in [-0.25, -0.2) is 13.8 Å². The van der Waals surface area contributed by atoms with Crippen molar-refractivity contribution >= 4 is 6.02 Å². The summed E-state index contributed by atoms with van der Waals surface area (Å²) in [4.78, 5) is 4.65. The Balaban J connectivity index is 1.36. The van der Waals surface area contributed by atoms with Crippen LogP contribution in [0.4, 0.5) is 8.78 Å². The summed E-state index contributed by atoms with van der Waals surface area (Å²) >= 11 is 0. The van der Waals surface area contributed by atoms with E-state index in [1.165, 1.54) is 0 Å². The number of hydrogen-bond acceptors (Lipinski definition) is 6. The first kappa shape index (κ1) is 27.2. The lowest BCUT2D eigenvalue weighted by Gasteiger charge is -2.42. The molecule has 0 saturated heterocycles. The van der Waals surface area contributed by atoms with Gasteiger partial charge >= 0.3 is 0 Å². The van der Waals surface area contributed by atoms with Crippen LogP contribution in [0.2, 0.25) is 0 Å². The second-order valence-corrected chi connectivity index (χ2v) is 9.87. The van der Waals surface area contributed by atoms with Crippen molar-refractivity contribution in [3.8, 4) is 0 Å². The van der Waals surface area contributed by atoms with Gasteiger partial charge in [0.05, 0.1) is 39.1 Å². The number of aliphatic imine (C=N–C) groups is 1. The van der Waals surface area contributed by atoms with E-state index in [4.69, 9.17) is 18.9 Å². The van der Waals surface area contributed by atoms with Crippen molar-refractivity contribution in [2.45, 2.75) is 57.0 Å². The van der Waals surface area contributed by atoms with Gasteiger partial charge in [0.2, 0.25) is 0 Å². The number of benzene rings is 3. The molecule has 1 fully saturated rings. The number of rotatable bonds is 12. The Morgan fingerprint density at radius 1 is 0.769 bits per heavy atom. The fourth-order valence-corrected chi connectivity index (χ4v) is 5.10. The Kier molecular flexibility index (Phi) is 9.53. The summed E-state index contributed by atoms with van der Waals surface area (Å²) in [7, 11) is 0. The molecule has 3 aromatic rings. The molecule has 8 heteroatoms. The minimum absolute atomic E-state index is 0.0518. The van der Waals surface area contributed by atoms with Gasteiger partial charge in [0.25, 0.3) is 12.4 Å². The molecule has 1 aliphatic heterocycles. The summed E-state index contributed by atoms with van der Waals surface area (Å²) in [5.41, 5.74) is 3.16. The quantitative estimate of drug-likeness (QED) is 0.337. The van der Waals surface area contributed by atoms with Gasteiger partial charge in [-0.3, -0.25) is 0 Å². The van der Waals surface area contributed by atoms with E-state index >= 15 is 0 Å². The predicted octanol–water partition coefficient (Wildman–Crippen LogP) is 5.37. The van der Waals surface area contributed by atoms with E-state index in [1.807, 2.05) is 91.0 Å². The van der Waals surface area contributed by atoms with Crippen LogP contribution >= 0.6 is 0 Å². The Labute approximate surface area is 228 Å². The molecule has 6 nitrogen and oxygen atoms in total. The van der Waals surface area contributed by atoms with Crippen LogP contribution in [-0.4, -0.2) is 50.0 Å². The smallest absolute Gasteiger partial charge is 0.285 e. The van der Waals surface area contributed by atoms with E-state index in [0.717, 1.165) is 16.7 Å². The molecule has 0 unspecified atom stereocenters. The van der Waals surface area contributed by atoms with Crippen LogP contribution in [0.15, 0.2) is 96.0 Å². The lowest BCUT2D eigenvalue weighted by Crippen LogP contribution is -2.55. The van der Waals surface area contributed by atoms with Crippen molar-refractivity contribution in [3.05, 3.63) is 108 Å². The van der Waals surface area contributed by atoms with Crippen molar-refractivity contribution < 1.29 is 27.7 Å². The maximum absolute atomic E-state index is 12.9. The minimum Gasteiger partial charge on any atom is -0.460 e. The topological polar surface area (TPSA) is 61.3 Å². The van der Waals surface area contributed by atoms with Crippen LogP contribution in [0.5, 0.6) is 0 Å². The molecular formula is C31H34F2N2O4. The largest absolute Gasteiger partial charge is 0.460 e. The zero-order chi connectivity index (χ0) is 26.9. The van der Waals surface area contributed by atoms with Gasteiger partial charge in [-0.05, 0) is 23.1 Å². The van der Waals surface area contributed by atoms with E-state index in [0.29, 0.717) is 32.8 Å². The molecule has 1 aliphatic carbocycles. The lowest BCUT2D eigenvalue weighted by atomic mass is 9.79. The van der Waals surface area contributed by atoms with E-state index in [-0.39, 0.29) is 30.2 Å². The van der Waals surface area contributed by atoms with E-state index in [1.54, 1.807) is 0 Å². The summed E-state index contributed by atoms with van der Waals surface area (Å²) < 4.78 is 51.0. The number of ether oxygens (including phenoxy) is 4. The third-order valence-electron chi connectivity index (χ3n) is 6.99. The van der Waals surface area contributed by atoms with Gasteiger partial charge in [-0.2, -0.15) is 0 Å². The van der Waals surface area contributed by atoms with E-state index in [9.17, 15) is 8.78 Å². The van der Waals surface area contributed by atoms with E-state index < -0.39 is 19.1 Å². The highest BCUT2D eigenvalue weighted by Crippen LogP contribution is 2.37. The monoisotopic (exact) mass is 536 g/mol. The first-order valence-corrected chi connectivity index (χ1v) is 13.3. The Morgan fingerprint density at radius 3 is 1.87 bits per heavy atom. The third kappa shape index (κ3) is 7.62. The molecule has 5 rings (SSSR count). The Morgan fingerprint density at radius 2 is 1.31 bits per heavy atom. The number of amidine groups is 1. The normalized spacial score (nSPS) is 24.2. The van der Waals surface area contributed by atoms with Gasteiger partial charge in [0.15, 0.2) is 0 Å². The summed E-state index contributed by atoms with van der Waals surface area (Å²) in [6.07, 6.45) is -3.03. The van der Waals surface area contributed by atoms with Gasteiger partial charge in [0, 0.05) is 5.92 Å². The summed E-state index contributed by atoms with van der Waals surface area (Å²) in [5, 5.41) is 2.63. The molecule has 206 valence electrons. The average molecular weight is 537 g/mol. The number of alkyl halides is 2. The zero-order valence-corrected chi connectivity index (χ0v) is 21.7. The summed E-state index contributed by atoms with van der Waals surface area (Å²) in [6.45, 7) is 1.17. The average Bonchev–Trinajstić information content (AvgIpc) is 3.38. The molecule has 0 radical (unpaired) electrons. The second-order valence-electron chi connectivity index (χ2n) is 9.87. The van der Waals surface area contributed by atoms with Crippen LogP contribution in [-0.2, 0) is 38.8 Å². The SMILES string of the molecule is FC(F)CNC1=N[C@H]2[C@@H](OCc3ccccc3)[C@H](OCc3ccccc3)[C@@H](COCc3ccccc3)C[C@@H]2O1. The molecule has 0 aromatic heterocycles. The first-order chi connectivity index (χ1) is 19.2. The molecule has 5 atom stereocenters. The van der Waals surface area contributed by atoms with Crippen LogP contribution < -0.4 is 5.32 Å². The van der Waals surface area contributed by atoms with Crippen molar-refractivity contribution in [1.29, 1.82) is 0 Å². The fraction of sp³-hybridized carbons (Fsp3) is 0.387. The van der Waals surface area contributed by atoms with Gasteiger partial charge in [-0.15, -0.1) is 0 Å². The molecule has 39 heavy (non-hydrogen) atoms. The standard InChI is InChI=1S/C31H34F2N2O4/c32-27(33)17-34-31-35-28-26(39-31)16-25(21-36-18-22-10-4-1-5-11-22)29(37-19-23-12-6-2-7-13-23)30(28)38-20-24-14-8-3-9-15-24/h1-15,25-30H,16-21H2,(H,34,35)/t25-,26+,28-,29-,30-/m1/s1. The van der Waals surface area contributed by atoms with Crippen LogP contribution in [0, 0.1) is 5.92 Å². The summed E-state index contributed by atoms with van der Waals surface area (Å²) in [6, 6.07) is 29.6. The number of hydrogen-bond donors (Lipinski definition) is 1. The molecule has 2 aliphatic rings. The van der Waals surface area contributed by atoms with Crippen molar-refractivity contribution in [1.82, 2.24) is 5.32 Å². The lowest BCUT2D eigenvalue weighted by molar-refractivity contribution is -0.162. The summed E-state index contributed by atoms with van der Waals surface area (Å²) in [5.74, 6) is -0.0518. The first-order valence-electron chi connectivity index (χ1n) is 13.3. The Hall–Kier alpha value is -3.33. The number of nitrogens with zero attached hydrogens (tertiary/aromatic N) is 1. The second kappa shape index (κ2) is 13.6. The van der Waals surface area contributed by atoms with Crippen molar-refractivity contribution in [2.75, 3.05) is 13.2 Å². The number of halogens is 2. The van der Waals surface area contributed by atoms with Crippen molar-refractivity contribution in [3.63, 3.8) is 0 Å². The minimum atomic E-state index is -2.51. The molecule has 3 aromatic carbocycles. The van der Waals surface area contributed by atoms with Crippen LogP contribution in [0.3, 0.4) is 0 Å². The highest BCUT2D eigenvalue weighted by atomic mass is 19.3. The van der Waals surface area contributed by atoms with Gasteiger partial charge in [-0.1, -0.05) is 91.0 Å². The maximum Gasteiger partial charge on any atom is 0.285 e. The van der Waals surface area contributed by atoms with Crippen LogP contribution in [0.25, 0.3) is 0 Å². The molecule has 0 bridgehead atoms. The maximum atomic E-state index is 12.9. The molecule has 1 heterocycles. The fourth-order valence-electron chi connectivity index (χ4n) is 5.10. The van der Waals surface area contributed by atoms with Gasteiger partial charge < -0.3 is 24.3 Å². The molecule has 1 N–H and O–H groups in total.